The van der Waals surface area contributed by atoms with E-state index in [2.05, 4.69) is 6.07 Å². The van der Waals surface area contributed by atoms with Crippen LogP contribution in [0.4, 0.5) is 4.79 Å². The van der Waals surface area contributed by atoms with Crippen LogP contribution in [0.15, 0.2) is 24.3 Å². The normalized spacial score (nSPS) is 18.1. The van der Waals surface area contributed by atoms with Crippen LogP contribution in [0, 0.1) is 11.3 Å². The molecule has 0 bridgehead atoms. The molecule has 0 N–H and O–H groups in total. The highest BCUT2D eigenvalue weighted by Crippen LogP contribution is 2.24. The standard InChI is InChI=1S/C22H30N2O4/c1-16(19-11-7-8-14-24(19)21(26)28-22(2,3)4)27-20(25)15-18-10-6-5-9-17(18)12-13-23/h5-6,9-10,16,19H,7-8,11-12,14-15H2,1-4H3/t16-,19-/m0/s1. The fourth-order valence-electron chi connectivity index (χ4n) is 3.46. The molecule has 1 amide bonds. The summed E-state index contributed by atoms with van der Waals surface area (Å²) < 4.78 is 11.2. The number of benzene rings is 1. The van der Waals surface area contributed by atoms with E-state index in [1.54, 1.807) is 4.90 Å². The molecule has 1 aromatic rings. The lowest BCUT2D eigenvalue weighted by Gasteiger charge is -2.39. The molecule has 28 heavy (non-hydrogen) atoms. The summed E-state index contributed by atoms with van der Waals surface area (Å²) in [6.07, 6.45) is 2.26. The number of carbonyl (C=O) groups excluding carboxylic acids is 2. The largest absolute Gasteiger partial charge is 0.460 e. The molecule has 1 saturated heterocycles. The molecule has 0 spiro atoms. The number of nitriles is 1. The first-order chi connectivity index (χ1) is 13.2. The molecule has 1 aromatic carbocycles. The first-order valence-corrected chi connectivity index (χ1v) is 9.84. The third kappa shape index (κ3) is 6.26. The molecule has 2 rings (SSSR count). The Morgan fingerprint density at radius 1 is 1.25 bits per heavy atom. The van der Waals surface area contributed by atoms with Crippen molar-refractivity contribution in [2.45, 2.75) is 77.5 Å². The molecule has 0 radical (unpaired) electrons. The number of amides is 1. The molecule has 6 heteroatoms. The number of nitrogens with zero attached hydrogens (tertiary/aromatic N) is 2. The molecule has 0 saturated carbocycles. The fraction of sp³-hybridized carbons (Fsp3) is 0.591. The summed E-state index contributed by atoms with van der Waals surface area (Å²) >= 11 is 0. The van der Waals surface area contributed by atoms with Gasteiger partial charge in [-0.3, -0.25) is 4.79 Å². The zero-order valence-electron chi connectivity index (χ0n) is 17.2. The number of likely N-dealkylation sites (tertiary alicyclic amines) is 1. The fourth-order valence-corrected chi connectivity index (χ4v) is 3.46. The maximum absolute atomic E-state index is 12.6. The van der Waals surface area contributed by atoms with Gasteiger partial charge in [-0.25, -0.2) is 4.79 Å². The maximum Gasteiger partial charge on any atom is 0.410 e. The molecule has 1 fully saturated rings. The number of ether oxygens (including phenoxy) is 2. The molecule has 6 nitrogen and oxygen atoms in total. The van der Waals surface area contributed by atoms with Gasteiger partial charge in [0.25, 0.3) is 0 Å². The van der Waals surface area contributed by atoms with E-state index in [4.69, 9.17) is 14.7 Å². The number of hydrogen-bond donors (Lipinski definition) is 0. The summed E-state index contributed by atoms with van der Waals surface area (Å²) in [7, 11) is 0. The van der Waals surface area contributed by atoms with Crippen LogP contribution < -0.4 is 0 Å². The Bertz CT molecular complexity index is 733. The maximum atomic E-state index is 12.6. The van der Waals surface area contributed by atoms with Crippen LogP contribution in [0.25, 0.3) is 0 Å². The third-order valence-corrected chi connectivity index (χ3v) is 4.76. The minimum atomic E-state index is -0.566. The Morgan fingerprint density at radius 3 is 2.57 bits per heavy atom. The Kier molecular flexibility index (Phi) is 7.45. The van der Waals surface area contributed by atoms with Gasteiger partial charge in [0.15, 0.2) is 0 Å². The molecular weight excluding hydrogens is 356 g/mol. The average molecular weight is 386 g/mol. The summed E-state index contributed by atoms with van der Waals surface area (Å²) in [5.41, 5.74) is 1.07. The highest BCUT2D eigenvalue weighted by Gasteiger charge is 2.35. The van der Waals surface area contributed by atoms with E-state index in [9.17, 15) is 9.59 Å². The minimum absolute atomic E-state index is 0.112. The quantitative estimate of drug-likeness (QED) is 0.714. The first-order valence-electron chi connectivity index (χ1n) is 9.84. The van der Waals surface area contributed by atoms with Crippen molar-refractivity contribution in [3.63, 3.8) is 0 Å². The lowest BCUT2D eigenvalue weighted by atomic mass is 9.98. The Labute approximate surface area is 167 Å². The number of piperidine rings is 1. The van der Waals surface area contributed by atoms with Gasteiger partial charge in [-0.1, -0.05) is 24.3 Å². The van der Waals surface area contributed by atoms with E-state index >= 15 is 0 Å². The van der Waals surface area contributed by atoms with Crippen LogP contribution in [0.2, 0.25) is 0 Å². The predicted molar refractivity (Wildman–Crippen MR) is 106 cm³/mol. The molecule has 1 aliphatic heterocycles. The van der Waals surface area contributed by atoms with Crippen molar-refractivity contribution in [3.05, 3.63) is 35.4 Å². The zero-order valence-corrected chi connectivity index (χ0v) is 17.2. The highest BCUT2D eigenvalue weighted by atomic mass is 16.6. The van der Waals surface area contributed by atoms with Gasteiger partial charge in [-0.2, -0.15) is 5.26 Å². The lowest BCUT2D eigenvalue weighted by Crippen LogP contribution is -2.51. The van der Waals surface area contributed by atoms with Crippen molar-refractivity contribution in [2.75, 3.05) is 6.54 Å². The molecule has 152 valence electrons. The van der Waals surface area contributed by atoms with Crippen LogP contribution in [0.1, 0.15) is 58.1 Å². The van der Waals surface area contributed by atoms with Crippen molar-refractivity contribution in [1.29, 1.82) is 5.26 Å². The van der Waals surface area contributed by atoms with Gasteiger partial charge >= 0.3 is 12.1 Å². The van der Waals surface area contributed by atoms with Crippen LogP contribution in [-0.2, 0) is 27.1 Å². The van der Waals surface area contributed by atoms with E-state index < -0.39 is 11.7 Å². The monoisotopic (exact) mass is 386 g/mol. The lowest BCUT2D eigenvalue weighted by molar-refractivity contribution is -0.151. The van der Waals surface area contributed by atoms with E-state index in [0.29, 0.717) is 6.54 Å². The smallest absolute Gasteiger partial charge is 0.410 e. The van der Waals surface area contributed by atoms with Crippen LogP contribution in [-0.4, -0.2) is 41.3 Å². The predicted octanol–water partition coefficient (Wildman–Crippen LogP) is 4.02. The van der Waals surface area contributed by atoms with Crippen molar-refractivity contribution in [2.24, 2.45) is 0 Å². The second kappa shape index (κ2) is 9.59. The molecule has 2 atom stereocenters. The average Bonchev–Trinajstić information content (AvgIpc) is 2.62. The van der Waals surface area contributed by atoms with Gasteiger partial charge in [0.1, 0.15) is 11.7 Å². The number of carbonyl (C=O) groups is 2. The topological polar surface area (TPSA) is 79.6 Å². The van der Waals surface area contributed by atoms with Crippen LogP contribution in [0.3, 0.4) is 0 Å². The molecule has 0 aromatic heterocycles. The molecular formula is C22H30N2O4. The summed E-state index contributed by atoms with van der Waals surface area (Å²) in [5.74, 6) is -0.354. The number of rotatable bonds is 5. The first kappa shape index (κ1) is 21.7. The van der Waals surface area contributed by atoms with Gasteiger partial charge in [0.2, 0.25) is 0 Å². The summed E-state index contributed by atoms with van der Waals surface area (Å²) in [5, 5.41) is 8.94. The molecule has 0 aliphatic carbocycles. The second-order valence-electron chi connectivity index (χ2n) is 8.21. The minimum Gasteiger partial charge on any atom is -0.460 e. The SMILES string of the molecule is C[C@H](OC(=O)Cc1ccccc1CC#N)[C@@H]1CCCCN1C(=O)OC(C)(C)C. The van der Waals surface area contributed by atoms with E-state index in [1.807, 2.05) is 52.0 Å². The van der Waals surface area contributed by atoms with Crippen molar-refractivity contribution in [3.8, 4) is 6.07 Å². The molecule has 1 aliphatic rings. The van der Waals surface area contributed by atoms with Crippen molar-refractivity contribution in [1.82, 2.24) is 4.90 Å². The number of esters is 1. The van der Waals surface area contributed by atoms with Crippen LogP contribution >= 0.6 is 0 Å². The van der Waals surface area contributed by atoms with E-state index in [1.165, 1.54) is 0 Å². The van der Waals surface area contributed by atoms with Gasteiger partial charge in [0, 0.05) is 6.54 Å². The number of hydrogen-bond acceptors (Lipinski definition) is 5. The van der Waals surface area contributed by atoms with Gasteiger partial charge in [-0.15, -0.1) is 0 Å². The van der Waals surface area contributed by atoms with Crippen molar-refractivity contribution < 1.29 is 19.1 Å². The molecule has 1 heterocycles. The second-order valence-corrected chi connectivity index (χ2v) is 8.21. The third-order valence-electron chi connectivity index (χ3n) is 4.76. The zero-order chi connectivity index (χ0) is 20.7. The Balaban J connectivity index is 2.01. The van der Waals surface area contributed by atoms with Gasteiger partial charge in [-0.05, 0) is 58.1 Å². The van der Waals surface area contributed by atoms with E-state index in [0.717, 1.165) is 30.4 Å². The molecule has 0 unspecified atom stereocenters. The van der Waals surface area contributed by atoms with E-state index in [-0.39, 0.29) is 30.9 Å². The van der Waals surface area contributed by atoms with Gasteiger partial charge in [0.05, 0.1) is 25.0 Å². The van der Waals surface area contributed by atoms with Crippen LogP contribution in [0.5, 0.6) is 0 Å². The highest BCUT2D eigenvalue weighted by molar-refractivity contribution is 5.73. The van der Waals surface area contributed by atoms with Gasteiger partial charge < -0.3 is 14.4 Å². The Morgan fingerprint density at radius 2 is 1.93 bits per heavy atom. The van der Waals surface area contributed by atoms with Crippen molar-refractivity contribution >= 4 is 12.1 Å². The summed E-state index contributed by atoms with van der Waals surface area (Å²) in [4.78, 5) is 26.7. The Hall–Kier alpha value is -2.55. The summed E-state index contributed by atoms with van der Waals surface area (Å²) in [6.45, 7) is 7.95. The summed E-state index contributed by atoms with van der Waals surface area (Å²) in [6, 6.07) is 9.31.